The van der Waals surface area contributed by atoms with E-state index in [0.29, 0.717) is 12.1 Å². The first-order valence-electron chi connectivity index (χ1n) is 7.32. The highest BCUT2D eigenvalue weighted by Crippen LogP contribution is 2.22. The first-order valence-corrected chi connectivity index (χ1v) is 8.26. The van der Waals surface area contributed by atoms with Crippen molar-refractivity contribution in [3.05, 3.63) is 56.8 Å². The lowest BCUT2D eigenvalue weighted by molar-refractivity contribution is 0.476. The van der Waals surface area contributed by atoms with Gasteiger partial charge in [-0.05, 0) is 85.7 Å². The van der Waals surface area contributed by atoms with Gasteiger partial charge in [0.25, 0.3) is 0 Å². The van der Waals surface area contributed by atoms with Crippen LogP contribution in [0.15, 0.2) is 29.0 Å². The van der Waals surface area contributed by atoms with Crippen molar-refractivity contribution in [3.8, 4) is 0 Å². The molecule has 0 saturated heterocycles. The van der Waals surface area contributed by atoms with Crippen LogP contribution >= 0.6 is 11.3 Å². The zero-order valence-corrected chi connectivity index (χ0v) is 14.0. The number of nitrogens with one attached hydrogen (secondary N) is 1. The van der Waals surface area contributed by atoms with E-state index < -0.39 is 0 Å². The van der Waals surface area contributed by atoms with Gasteiger partial charge in [-0.25, -0.2) is 0 Å². The van der Waals surface area contributed by atoms with Gasteiger partial charge in [-0.3, -0.25) is 0 Å². The predicted molar refractivity (Wildman–Crippen MR) is 89.7 cm³/mol. The van der Waals surface area contributed by atoms with Gasteiger partial charge in [-0.2, -0.15) is 11.3 Å². The van der Waals surface area contributed by atoms with Gasteiger partial charge >= 0.3 is 0 Å². The van der Waals surface area contributed by atoms with Crippen LogP contribution in [0, 0.1) is 20.8 Å². The minimum Gasteiger partial charge on any atom is -0.307 e. The normalized spacial score (nSPS) is 14.2. The smallest absolute Gasteiger partial charge is 0.0297 e. The van der Waals surface area contributed by atoms with E-state index in [2.05, 4.69) is 68.9 Å². The van der Waals surface area contributed by atoms with E-state index in [4.69, 9.17) is 0 Å². The zero-order chi connectivity index (χ0) is 14.7. The molecule has 2 unspecified atom stereocenters. The Balaban J connectivity index is 2.04. The maximum absolute atomic E-state index is 3.73. The van der Waals surface area contributed by atoms with Crippen molar-refractivity contribution in [3.63, 3.8) is 0 Å². The Morgan fingerprint density at radius 1 is 1.05 bits per heavy atom. The molecule has 0 amide bonds. The van der Waals surface area contributed by atoms with Crippen molar-refractivity contribution in [2.75, 3.05) is 0 Å². The molecule has 1 aromatic carbocycles. The molecule has 0 fully saturated rings. The fraction of sp³-hybridized carbons (Fsp3) is 0.444. The first kappa shape index (κ1) is 15.3. The van der Waals surface area contributed by atoms with Crippen LogP contribution in [0.1, 0.15) is 47.7 Å². The Morgan fingerprint density at radius 2 is 1.75 bits per heavy atom. The predicted octanol–water partition coefficient (Wildman–Crippen LogP) is 4.96. The molecular formula is C18H25NS. The standard InChI is InChI=1S/C18H25NS/c1-12-8-14(3)18(9-13(12)2)16(5)19-15(4)10-17-6-7-20-11-17/h6-9,11,15-16,19H,10H2,1-5H3. The monoisotopic (exact) mass is 287 g/mol. The Morgan fingerprint density at radius 3 is 2.40 bits per heavy atom. The molecule has 108 valence electrons. The molecule has 2 atom stereocenters. The van der Waals surface area contributed by atoms with Crippen LogP contribution in [-0.4, -0.2) is 6.04 Å². The zero-order valence-electron chi connectivity index (χ0n) is 13.2. The van der Waals surface area contributed by atoms with Gasteiger partial charge in [0, 0.05) is 12.1 Å². The Hall–Kier alpha value is -1.12. The summed E-state index contributed by atoms with van der Waals surface area (Å²) in [5.41, 5.74) is 7.00. The van der Waals surface area contributed by atoms with Gasteiger partial charge < -0.3 is 5.32 Å². The van der Waals surface area contributed by atoms with Crippen LogP contribution < -0.4 is 5.32 Å². The van der Waals surface area contributed by atoms with Crippen LogP contribution in [0.2, 0.25) is 0 Å². The number of rotatable bonds is 5. The third-order valence-corrected chi connectivity index (χ3v) is 4.74. The molecule has 1 nitrogen and oxygen atoms in total. The summed E-state index contributed by atoms with van der Waals surface area (Å²) >= 11 is 1.78. The molecule has 1 N–H and O–H groups in total. The highest BCUT2D eigenvalue weighted by atomic mass is 32.1. The van der Waals surface area contributed by atoms with Crippen molar-refractivity contribution in [2.24, 2.45) is 0 Å². The van der Waals surface area contributed by atoms with Gasteiger partial charge in [-0.1, -0.05) is 12.1 Å². The van der Waals surface area contributed by atoms with Gasteiger partial charge in [0.05, 0.1) is 0 Å². The van der Waals surface area contributed by atoms with Crippen LogP contribution in [0.3, 0.4) is 0 Å². The van der Waals surface area contributed by atoms with E-state index in [9.17, 15) is 0 Å². The molecular weight excluding hydrogens is 262 g/mol. The van der Waals surface area contributed by atoms with Gasteiger partial charge in [0.2, 0.25) is 0 Å². The van der Waals surface area contributed by atoms with E-state index in [1.165, 1.54) is 27.8 Å². The summed E-state index contributed by atoms with van der Waals surface area (Å²) in [7, 11) is 0. The summed E-state index contributed by atoms with van der Waals surface area (Å²) in [5, 5.41) is 8.12. The van der Waals surface area contributed by atoms with Crippen molar-refractivity contribution < 1.29 is 0 Å². The van der Waals surface area contributed by atoms with Crippen molar-refractivity contribution in [1.29, 1.82) is 0 Å². The Labute approximate surface area is 127 Å². The molecule has 1 aromatic heterocycles. The van der Waals surface area contributed by atoms with Crippen molar-refractivity contribution in [1.82, 2.24) is 5.32 Å². The minimum atomic E-state index is 0.392. The molecule has 0 aliphatic carbocycles. The lowest BCUT2D eigenvalue weighted by atomic mass is 9.96. The lowest BCUT2D eigenvalue weighted by Gasteiger charge is -2.22. The molecule has 2 heteroatoms. The number of thiophene rings is 1. The average molecular weight is 287 g/mol. The molecule has 0 spiro atoms. The fourth-order valence-electron chi connectivity index (χ4n) is 2.79. The maximum Gasteiger partial charge on any atom is 0.0297 e. The van der Waals surface area contributed by atoms with Crippen LogP contribution in [-0.2, 0) is 6.42 Å². The molecule has 2 aromatic rings. The number of benzene rings is 1. The summed E-state index contributed by atoms with van der Waals surface area (Å²) in [5.74, 6) is 0. The summed E-state index contributed by atoms with van der Waals surface area (Å²) in [6.07, 6.45) is 1.09. The maximum atomic E-state index is 3.73. The third-order valence-electron chi connectivity index (χ3n) is 4.01. The summed E-state index contributed by atoms with van der Waals surface area (Å²) in [6, 6.07) is 7.73. The lowest BCUT2D eigenvalue weighted by Crippen LogP contribution is -2.31. The molecule has 2 rings (SSSR count). The molecule has 1 heterocycles. The average Bonchev–Trinajstić information content (AvgIpc) is 2.86. The molecule has 0 saturated carbocycles. The molecule has 0 aliphatic heterocycles. The SMILES string of the molecule is Cc1cc(C)c(C(C)NC(C)Cc2ccsc2)cc1C. The van der Waals surface area contributed by atoms with E-state index in [-0.39, 0.29) is 0 Å². The van der Waals surface area contributed by atoms with Gasteiger partial charge in [0.1, 0.15) is 0 Å². The van der Waals surface area contributed by atoms with E-state index in [1.54, 1.807) is 11.3 Å². The van der Waals surface area contributed by atoms with Crippen LogP contribution in [0.25, 0.3) is 0 Å². The van der Waals surface area contributed by atoms with E-state index in [1.807, 2.05) is 0 Å². The quantitative estimate of drug-likeness (QED) is 0.820. The highest BCUT2D eigenvalue weighted by molar-refractivity contribution is 7.07. The first-order chi connectivity index (χ1) is 9.47. The number of aryl methyl sites for hydroxylation is 3. The summed E-state index contributed by atoms with van der Waals surface area (Å²) < 4.78 is 0. The summed E-state index contributed by atoms with van der Waals surface area (Å²) in [6.45, 7) is 11.1. The number of hydrogen-bond acceptors (Lipinski definition) is 2. The molecule has 0 radical (unpaired) electrons. The van der Waals surface area contributed by atoms with Gasteiger partial charge in [0.15, 0.2) is 0 Å². The highest BCUT2D eigenvalue weighted by Gasteiger charge is 2.13. The molecule has 20 heavy (non-hydrogen) atoms. The van der Waals surface area contributed by atoms with Crippen molar-refractivity contribution in [2.45, 2.75) is 53.1 Å². The second-order valence-electron chi connectivity index (χ2n) is 5.92. The number of hydrogen-bond donors (Lipinski definition) is 1. The van der Waals surface area contributed by atoms with Gasteiger partial charge in [-0.15, -0.1) is 0 Å². The third kappa shape index (κ3) is 3.71. The molecule has 0 bridgehead atoms. The Bertz CT molecular complexity index is 557. The largest absolute Gasteiger partial charge is 0.307 e. The minimum absolute atomic E-state index is 0.392. The van der Waals surface area contributed by atoms with E-state index in [0.717, 1.165) is 6.42 Å². The fourth-order valence-corrected chi connectivity index (χ4v) is 3.47. The van der Waals surface area contributed by atoms with Crippen LogP contribution in [0.4, 0.5) is 0 Å². The topological polar surface area (TPSA) is 12.0 Å². The van der Waals surface area contributed by atoms with E-state index >= 15 is 0 Å². The second-order valence-corrected chi connectivity index (χ2v) is 6.70. The second kappa shape index (κ2) is 6.55. The van der Waals surface area contributed by atoms with Crippen molar-refractivity contribution >= 4 is 11.3 Å². The summed E-state index contributed by atoms with van der Waals surface area (Å²) in [4.78, 5) is 0. The Kier molecular flexibility index (Phi) is 5.00. The molecule has 0 aliphatic rings. The van der Waals surface area contributed by atoms with Crippen LogP contribution in [0.5, 0.6) is 0 Å².